The molecule has 0 unspecified atom stereocenters. The molecule has 0 radical (unpaired) electrons. The van der Waals surface area contributed by atoms with Gasteiger partial charge in [0, 0.05) is 32.6 Å². The summed E-state index contributed by atoms with van der Waals surface area (Å²) in [6.07, 6.45) is 8.41. The third-order valence-corrected chi connectivity index (χ3v) is 2.63. The van der Waals surface area contributed by atoms with Crippen molar-refractivity contribution in [1.82, 2.24) is 10.2 Å². The summed E-state index contributed by atoms with van der Waals surface area (Å²) in [5.74, 6) is 2.66. The highest BCUT2D eigenvalue weighted by molar-refractivity contribution is 4.82. The molecular weight excluding hydrogens is 188 g/mol. The summed E-state index contributed by atoms with van der Waals surface area (Å²) in [7, 11) is 0. The van der Waals surface area contributed by atoms with Crippen LogP contribution in [0.5, 0.6) is 0 Å². The summed E-state index contributed by atoms with van der Waals surface area (Å²) in [6.45, 7) is 7.25. The highest BCUT2D eigenvalue weighted by Gasteiger charge is 2.08. The lowest BCUT2D eigenvalue weighted by Crippen LogP contribution is -2.40. The van der Waals surface area contributed by atoms with Crippen LogP contribution in [-0.2, 0) is 4.74 Å². The van der Waals surface area contributed by atoms with Crippen molar-refractivity contribution in [3.8, 4) is 12.3 Å². The first-order valence-corrected chi connectivity index (χ1v) is 5.88. The second-order valence-electron chi connectivity index (χ2n) is 3.87. The number of nitrogens with zero attached hydrogens (tertiary/aromatic N) is 1. The third kappa shape index (κ3) is 6.51. The fourth-order valence-corrected chi connectivity index (χ4v) is 1.66. The zero-order valence-electron chi connectivity index (χ0n) is 9.50. The first-order chi connectivity index (χ1) is 7.43. The number of nitrogens with one attached hydrogen (secondary N) is 1. The van der Waals surface area contributed by atoms with E-state index >= 15 is 0 Å². The predicted molar refractivity (Wildman–Crippen MR) is 62.8 cm³/mol. The van der Waals surface area contributed by atoms with Crippen LogP contribution in [0.3, 0.4) is 0 Å². The summed E-state index contributed by atoms with van der Waals surface area (Å²) in [4.78, 5) is 2.44. The van der Waals surface area contributed by atoms with E-state index in [2.05, 4.69) is 16.1 Å². The van der Waals surface area contributed by atoms with Crippen molar-refractivity contribution >= 4 is 0 Å². The van der Waals surface area contributed by atoms with Gasteiger partial charge in [0.2, 0.25) is 0 Å². The highest BCUT2D eigenvalue weighted by atomic mass is 16.5. The van der Waals surface area contributed by atoms with E-state index in [4.69, 9.17) is 11.2 Å². The molecule has 0 atom stereocenters. The molecule has 1 aliphatic rings. The number of morpholine rings is 1. The van der Waals surface area contributed by atoms with Crippen LogP contribution >= 0.6 is 0 Å². The Morgan fingerprint density at radius 3 is 2.73 bits per heavy atom. The molecule has 3 heteroatoms. The maximum atomic E-state index is 5.29. The predicted octanol–water partition coefficient (Wildman–Crippen LogP) is 0.712. The summed E-state index contributed by atoms with van der Waals surface area (Å²) in [5, 5.41) is 3.44. The van der Waals surface area contributed by atoms with Gasteiger partial charge >= 0.3 is 0 Å². The topological polar surface area (TPSA) is 24.5 Å². The largest absolute Gasteiger partial charge is 0.379 e. The number of hydrogen-bond donors (Lipinski definition) is 1. The van der Waals surface area contributed by atoms with Gasteiger partial charge in [0.15, 0.2) is 0 Å². The second-order valence-corrected chi connectivity index (χ2v) is 3.87. The Bertz CT molecular complexity index is 183. The fraction of sp³-hybridized carbons (Fsp3) is 0.833. The summed E-state index contributed by atoms with van der Waals surface area (Å²) < 4.78 is 5.29. The van der Waals surface area contributed by atoms with Crippen LogP contribution in [0.2, 0.25) is 0 Å². The molecule has 1 aliphatic heterocycles. The molecule has 0 saturated carbocycles. The molecular formula is C12H22N2O. The van der Waals surface area contributed by atoms with Crippen LogP contribution in [0.4, 0.5) is 0 Å². The van der Waals surface area contributed by atoms with E-state index in [9.17, 15) is 0 Å². The molecule has 1 heterocycles. The maximum Gasteiger partial charge on any atom is 0.0594 e. The molecule has 0 aromatic carbocycles. The minimum atomic E-state index is 0.891. The van der Waals surface area contributed by atoms with E-state index in [0.29, 0.717) is 0 Å². The van der Waals surface area contributed by atoms with Crippen molar-refractivity contribution < 1.29 is 4.74 Å². The van der Waals surface area contributed by atoms with Gasteiger partial charge in [-0.3, -0.25) is 4.90 Å². The third-order valence-electron chi connectivity index (χ3n) is 2.63. The van der Waals surface area contributed by atoms with Gasteiger partial charge in [-0.2, -0.15) is 0 Å². The van der Waals surface area contributed by atoms with Crippen LogP contribution in [0.25, 0.3) is 0 Å². The Labute approximate surface area is 93.2 Å². The van der Waals surface area contributed by atoms with Crippen LogP contribution in [0, 0.1) is 12.3 Å². The zero-order chi connectivity index (χ0) is 10.8. The molecule has 15 heavy (non-hydrogen) atoms. The normalized spacial score (nSPS) is 17.5. The van der Waals surface area contributed by atoms with Gasteiger partial charge in [-0.15, -0.1) is 12.3 Å². The van der Waals surface area contributed by atoms with Crippen LogP contribution in [0.1, 0.15) is 19.3 Å². The smallest absolute Gasteiger partial charge is 0.0594 e. The molecule has 0 amide bonds. The molecule has 0 bridgehead atoms. The average Bonchev–Trinajstić information content (AvgIpc) is 2.29. The minimum Gasteiger partial charge on any atom is -0.379 e. The fourth-order valence-electron chi connectivity index (χ4n) is 1.66. The van der Waals surface area contributed by atoms with E-state index < -0.39 is 0 Å². The number of rotatable bonds is 7. The van der Waals surface area contributed by atoms with Crippen molar-refractivity contribution in [2.45, 2.75) is 19.3 Å². The van der Waals surface area contributed by atoms with Gasteiger partial charge in [-0.25, -0.2) is 0 Å². The Hall–Kier alpha value is -0.560. The number of hydrogen-bond acceptors (Lipinski definition) is 3. The van der Waals surface area contributed by atoms with Crippen molar-refractivity contribution in [2.24, 2.45) is 0 Å². The van der Waals surface area contributed by atoms with Crippen molar-refractivity contribution in [3.63, 3.8) is 0 Å². The van der Waals surface area contributed by atoms with Gasteiger partial charge < -0.3 is 10.1 Å². The summed E-state index contributed by atoms with van der Waals surface area (Å²) in [6, 6.07) is 0. The highest BCUT2D eigenvalue weighted by Crippen LogP contribution is 1.95. The molecule has 0 spiro atoms. The van der Waals surface area contributed by atoms with Gasteiger partial charge in [0.25, 0.3) is 0 Å². The SMILES string of the molecule is C#CCCCCNCCN1CCOCC1. The van der Waals surface area contributed by atoms with Crippen LogP contribution in [-0.4, -0.2) is 50.8 Å². The lowest BCUT2D eigenvalue weighted by molar-refractivity contribution is 0.0384. The Kier molecular flexibility index (Phi) is 7.28. The molecule has 1 N–H and O–H groups in total. The van der Waals surface area contributed by atoms with E-state index in [0.717, 1.165) is 58.8 Å². The minimum absolute atomic E-state index is 0.891. The molecule has 1 saturated heterocycles. The second kappa shape index (κ2) is 8.72. The molecule has 0 aliphatic carbocycles. The molecule has 0 aromatic rings. The monoisotopic (exact) mass is 210 g/mol. The number of unbranched alkanes of at least 4 members (excludes halogenated alkanes) is 2. The Balaban J connectivity index is 1.82. The van der Waals surface area contributed by atoms with E-state index in [-0.39, 0.29) is 0 Å². The van der Waals surface area contributed by atoms with Gasteiger partial charge in [0.1, 0.15) is 0 Å². The first-order valence-electron chi connectivity index (χ1n) is 5.88. The van der Waals surface area contributed by atoms with E-state index in [1.807, 2.05) is 0 Å². The first kappa shape index (κ1) is 12.5. The van der Waals surface area contributed by atoms with Gasteiger partial charge in [-0.1, -0.05) is 0 Å². The van der Waals surface area contributed by atoms with Crippen molar-refractivity contribution in [2.75, 3.05) is 45.9 Å². The molecule has 1 fully saturated rings. The van der Waals surface area contributed by atoms with Gasteiger partial charge in [0.05, 0.1) is 13.2 Å². The Morgan fingerprint density at radius 1 is 1.20 bits per heavy atom. The molecule has 3 nitrogen and oxygen atoms in total. The number of ether oxygens (including phenoxy) is 1. The average molecular weight is 210 g/mol. The number of terminal acetylenes is 1. The van der Waals surface area contributed by atoms with E-state index in [1.54, 1.807) is 0 Å². The quantitative estimate of drug-likeness (QED) is 0.495. The molecule has 0 aromatic heterocycles. The van der Waals surface area contributed by atoms with E-state index in [1.165, 1.54) is 6.42 Å². The Morgan fingerprint density at radius 2 is 2.00 bits per heavy atom. The van der Waals surface area contributed by atoms with Crippen molar-refractivity contribution in [1.29, 1.82) is 0 Å². The van der Waals surface area contributed by atoms with Crippen LogP contribution in [0.15, 0.2) is 0 Å². The maximum absolute atomic E-state index is 5.29. The van der Waals surface area contributed by atoms with Crippen LogP contribution < -0.4 is 5.32 Å². The lowest BCUT2D eigenvalue weighted by Gasteiger charge is -2.26. The molecule has 86 valence electrons. The standard InChI is InChI=1S/C12H22N2O/c1-2-3-4-5-6-13-7-8-14-9-11-15-12-10-14/h1,13H,3-12H2. The molecule has 1 rings (SSSR count). The summed E-state index contributed by atoms with van der Waals surface area (Å²) >= 11 is 0. The van der Waals surface area contributed by atoms with Gasteiger partial charge in [-0.05, 0) is 19.4 Å². The van der Waals surface area contributed by atoms with Crippen molar-refractivity contribution in [3.05, 3.63) is 0 Å². The zero-order valence-corrected chi connectivity index (χ0v) is 9.50. The lowest BCUT2D eigenvalue weighted by atomic mass is 10.2. The summed E-state index contributed by atoms with van der Waals surface area (Å²) in [5.41, 5.74) is 0.